The van der Waals surface area contributed by atoms with Crippen molar-refractivity contribution in [2.75, 3.05) is 19.8 Å². The first kappa shape index (κ1) is 20.3. The number of benzene rings is 2. The molecule has 1 heterocycles. The fraction of sp³-hybridized carbons (Fsp3) is 0.350. The van der Waals surface area contributed by atoms with E-state index in [1.165, 1.54) is 17.6 Å². The molecule has 8 heteroatoms. The van der Waals surface area contributed by atoms with Crippen LogP contribution < -0.4 is 10.2 Å². The van der Waals surface area contributed by atoms with E-state index in [-0.39, 0.29) is 31.0 Å². The summed E-state index contributed by atoms with van der Waals surface area (Å²) >= 11 is 0. The minimum Gasteiger partial charge on any atom is -0.494 e. The Morgan fingerprint density at radius 3 is 2.11 bits per heavy atom. The van der Waals surface area contributed by atoms with E-state index >= 15 is 0 Å². The summed E-state index contributed by atoms with van der Waals surface area (Å²) in [6, 6.07) is 13.9. The third kappa shape index (κ3) is 3.63. The van der Waals surface area contributed by atoms with Crippen molar-refractivity contribution >= 4 is 15.7 Å². The maximum atomic E-state index is 13.2. The number of hydroxylamine groups is 1. The van der Waals surface area contributed by atoms with Crippen LogP contribution in [0.2, 0.25) is 0 Å². The largest absolute Gasteiger partial charge is 0.494 e. The molecule has 28 heavy (non-hydrogen) atoms. The van der Waals surface area contributed by atoms with Crippen molar-refractivity contribution < 1.29 is 27.9 Å². The molecule has 1 amide bonds. The number of sulfone groups is 1. The summed E-state index contributed by atoms with van der Waals surface area (Å²) in [6.07, 6.45) is -0.0231. The van der Waals surface area contributed by atoms with Crippen LogP contribution in [0.5, 0.6) is 5.75 Å². The standard InChI is InChI=1S/C20H23NO6S/c1-2-27-17-7-3-15(4-8-17)16-5-9-18(10-6-16)28(24,25)20(19(22)21-23)11-13-26-14-12-20/h3-10,23H,2,11-14H2,1H3,(H,21,22). The molecule has 0 aromatic heterocycles. The van der Waals surface area contributed by atoms with Gasteiger partial charge in [-0.2, -0.15) is 0 Å². The Kier molecular flexibility index (Phi) is 6.02. The number of nitrogens with one attached hydrogen (secondary N) is 1. The predicted octanol–water partition coefficient (Wildman–Crippen LogP) is 2.58. The van der Waals surface area contributed by atoms with E-state index in [2.05, 4.69) is 0 Å². The Morgan fingerprint density at radius 2 is 1.61 bits per heavy atom. The lowest BCUT2D eigenvalue weighted by molar-refractivity contribution is -0.134. The molecule has 7 nitrogen and oxygen atoms in total. The Bertz CT molecular complexity index is 916. The molecule has 1 aliphatic rings. The number of amides is 1. The van der Waals surface area contributed by atoms with Crippen molar-refractivity contribution in [3.05, 3.63) is 48.5 Å². The van der Waals surface area contributed by atoms with Crippen LogP contribution in [0.1, 0.15) is 19.8 Å². The Hall–Kier alpha value is -2.42. The van der Waals surface area contributed by atoms with Gasteiger partial charge in [0.05, 0.1) is 11.5 Å². The summed E-state index contributed by atoms with van der Waals surface area (Å²) in [6.45, 7) is 2.77. The molecule has 150 valence electrons. The van der Waals surface area contributed by atoms with Crippen LogP contribution in [0.15, 0.2) is 53.4 Å². The van der Waals surface area contributed by atoms with Gasteiger partial charge in [-0.3, -0.25) is 10.0 Å². The normalized spacial score (nSPS) is 16.4. The second-order valence-electron chi connectivity index (χ2n) is 6.53. The summed E-state index contributed by atoms with van der Waals surface area (Å²) in [5.41, 5.74) is 3.28. The molecular formula is C20H23NO6S. The minimum atomic E-state index is -4.02. The van der Waals surface area contributed by atoms with E-state index in [4.69, 9.17) is 14.7 Å². The van der Waals surface area contributed by atoms with Gasteiger partial charge < -0.3 is 9.47 Å². The second-order valence-corrected chi connectivity index (χ2v) is 8.79. The molecular weight excluding hydrogens is 382 g/mol. The molecule has 3 rings (SSSR count). The maximum absolute atomic E-state index is 13.2. The van der Waals surface area contributed by atoms with E-state index in [1.54, 1.807) is 12.1 Å². The number of rotatable bonds is 6. The predicted molar refractivity (Wildman–Crippen MR) is 103 cm³/mol. The van der Waals surface area contributed by atoms with Gasteiger partial charge in [-0.1, -0.05) is 24.3 Å². The van der Waals surface area contributed by atoms with Gasteiger partial charge in [0.25, 0.3) is 5.91 Å². The van der Waals surface area contributed by atoms with Crippen LogP contribution in [-0.4, -0.2) is 44.1 Å². The highest BCUT2D eigenvalue weighted by molar-refractivity contribution is 7.93. The number of hydrogen-bond donors (Lipinski definition) is 2. The van der Waals surface area contributed by atoms with Crippen LogP contribution in [-0.2, 0) is 19.4 Å². The van der Waals surface area contributed by atoms with Gasteiger partial charge >= 0.3 is 0 Å². The van der Waals surface area contributed by atoms with E-state index in [9.17, 15) is 13.2 Å². The van der Waals surface area contributed by atoms with Crippen molar-refractivity contribution in [3.8, 4) is 16.9 Å². The lowest BCUT2D eigenvalue weighted by Crippen LogP contribution is -2.54. The first-order chi connectivity index (χ1) is 13.4. The highest BCUT2D eigenvalue weighted by Gasteiger charge is 2.52. The van der Waals surface area contributed by atoms with Gasteiger partial charge in [0.15, 0.2) is 14.6 Å². The summed E-state index contributed by atoms with van der Waals surface area (Å²) in [5, 5.41) is 9.10. The molecule has 1 fully saturated rings. The SMILES string of the molecule is CCOc1ccc(-c2ccc(S(=O)(=O)C3(C(=O)NO)CCOCC3)cc2)cc1. The minimum absolute atomic E-state index is 0.0115. The van der Waals surface area contributed by atoms with E-state index < -0.39 is 20.5 Å². The fourth-order valence-electron chi connectivity index (χ4n) is 3.38. The van der Waals surface area contributed by atoms with E-state index in [1.807, 2.05) is 31.2 Å². The Labute approximate surface area is 164 Å². The molecule has 0 radical (unpaired) electrons. The monoisotopic (exact) mass is 405 g/mol. The number of hydrogen-bond acceptors (Lipinski definition) is 6. The van der Waals surface area contributed by atoms with Gasteiger partial charge in [0.1, 0.15) is 5.75 Å². The van der Waals surface area contributed by atoms with Crippen molar-refractivity contribution in [3.63, 3.8) is 0 Å². The lowest BCUT2D eigenvalue weighted by Gasteiger charge is -2.34. The topological polar surface area (TPSA) is 102 Å². The van der Waals surface area contributed by atoms with Gasteiger partial charge in [-0.15, -0.1) is 0 Å². The molecule has 0 saturated carbocycles. The van der Waals surface area contributed by atoms with Crippen LogP contribution in [0.3, 0.4) is 0 Å². The first-order valence-corrected chi connectivity index (χ1v) is 10.5. The Morgan fingerprint density at radius 1 is 1.07 bits per heavy atom. The second kappa shape index (κ2) is 8.30. The molecule has 0 atom stereocenters. The third-order valence-corrected chi connectivity index (χ3v) is 7.51. The van der Waals surface area contributed by atoms with Crippen LogP contribution in [0.4, 0.5) is 0 Å². The van der Waals surface area contributed by atoms with E-state index in [0.29, 0.717) is 6.61 Å². The van der Waals surface area contributed by atoms with Crippen molar-refractivity contribution in [1.29, 1.82) is 0 Å². The summed E-state index contributed by atoms with van der Waals surface area (Å²) in [4.78, 5) is 12.3. The zero-order valence-corrected chi connectivity index (χ0v) is 16.4. The first-order valence-electron chi connectivity index (χ1n) is 9.05. The number of ether oxygens (including phenoxy) is 2. The zero-order chi connectivity index (χ0) is 20.2. The molecule has 0 spiro atoms. The molecule has 2 aromatic rings. The molecule has 0 unspecified atom stereocenters. The van der Waals surface area contributed by atoms with Crippen molar-refractivity contribution in [1.82, 2.24) is 5.48 Å². The smallest absolute Gasteiger partial charge is 0.265 e. The Balaban J connectivity index is 1.91. The highest BCUT2D eigenvalue weighted by atomic mass is 32.2. The summed E-state index contributed by atoms with van der Waals surface area (Å²) < 4.78 is 35.4. The van der Waals surface area contributed by atoms with Crippen LogP contribution in [0.25, 0.3) is 11.1 Å². The van der Waals surface area contributed by atoms with Crippen molar-refractivity contribution in [2.24, 2.45) is 0 Å². The number of carbonyl (C=O) groups is 1. The molecule has 1 saturated heterocycles. The average molecular weight is 405 g/mol. The zero-order valence-electron chi connectivity index (χ0n) is 15.6. The van der Waals surface area contributed by atoms with Crippen LogP contribution in [0, 0.1) is 0 Å². The molecule has 1 aliphatic heterocycles. The van der Waals surface area contributed by atoms with Gasteiger partial charge in [0, 0.05) is 13.2 Å². The highest BCUT2D eigenvalue weighted by Crippen LogP contribution is 2.36. The summed E-state index contributed by atoms with van der Waals surface area (Å²) in [7, 11) is -4.02. The molecule has 2 aromatic carbocycles. The lowest BCUT2D eigenvalue weighted by atomic mass is 9.98. The maximum Gasteiger partial charge on any atom is 0.265 e. The third-order valence-electron chi connectivity index (χ3n) is 4.99. The van der Waals surface area contributed by atoms with Crippen LogP contribution >= 0.6 is 0 Å². The fourth-order valence-corrected chi connectivity index (χ4v) is 5.32. The van der Waals surface area contributed by atoms with Gasteiger partial charge in [-0.25, -0.2) is 13.9 Å². The molecule has 0 aliphatic carbocycles. The quantitative estimate of drug-likeness (QED) is 0.566. The van der Waals surface area contributed by atoms with Gasteiger partial charge in [0.2, 0.25) is 0 Å². The average Bonchev–Trinajstić information content (AvgIpc) is 2.74. The number of carbonyl (C=O) groups excluding carboxylic acids is 1. The van der Waals surface area contributed by atoms with E-state index in [0.717, 1.165) is 16.9 Å². The molecule has 2 N–H and O–H groups in total. The molecule has 0 bridgehead atoms. The summed E-state index contributed by atoms with van der Waals surface area (Å²) in [5.74, 6) is -0.159. The van der Waals surface area contributed by atoms with Crippen molar-refractivity contribution in [2.45, 2.75) is 29.4 Å². The van der Waals surface area contributed by atoms with Gasteiger partial charge in [-0.05, 0) is 55.2 Å².